The largest absolute Gasteiger partial charge is 0.407 e. The third-order valence-electron chi connectivity index (χ3n) is 1.84. The third-order valence-corrected chi connectivity index (χ3v) is 1.84. The Labute approximate surface area is 78.5 Å². The SMILES string of the molecule is Cc1ccc([C@@H](N)C(F)(F)F)c(F)c1. The van der Waals surface area contributed by atoms with Crippen LogP contribution < -0.4 is 5.73 Å². The van der Waals surface area contributed by atoms with Crippen LogP contribution in [0.2, 0.25) is 0 Å². The van der Waals surface area contributed by atoms with Crippen LogP contribution in [-0.2, 0) is 0 Å². The monoisotopic (exact) mass is 207 g/mol. The molecule has 0 fully saturated rings. The van der Waals surface area contributed by atoms with Crippen LogP contribution >= 0.6 is 0 Å². The second-order valence-electron chi connectivity index (χ2n) is 3.04. The van der Waals surface area contributed by atoms with Crippen LogP contribution in [0.15, 0.2) is 18.2 Å². The predicted molar refractivity (Wildman–Crippen MR) is 44.1 cm³/mol. The number of rotatable bonds is 1. The molecule has 0 aromatic heterocycles. The van der Waals surface area contributed by atoms with Gasteiger partial charge in [0.25, 0.3) is 0 Å². The van der Waals surface area contributed by atoms with E-state index in [4.69, 9.17) is 5.73 Å². The second kappa shape index (κ2) is 3.57. The standard InChI is InChI=1S/C9H9F4N/c1-5-2-3-6(7(10)4-5)8(14)9(11,12)13/h2-4,8H,14H2,1H3/t8-/m1/s1. The highest BCUT2D eigenvalue weighted by molar-refractivity contribution is 5.26. The van der Waals surface area contributed by atoms with Crippen LogP contribution in [0.25, 0.3) is 0 Å². The molecule has 0 radical (unpaired) electrons. The zero-order valence-corrected chi connectivity index (χ0v) is 7.40. The number of halogens is 4. The van der Waals surface area contributed by atoms with E-state index in [1.165, 1.54) is 6.07 Å². The molecule has 0 aliphatic rings. The Kier molecular flexibility index (Phi) is 2.80. The first-order chi connectivity index (χ1) is 6.32. The van der Waals surface area contributed by atoms with Crippen LogP contribution in [-0.4, -0.2) is 6.18 Å². The lowest BCUT2D eigenvalue weighted by Crippen LogP contribution is -2.29. The van der Waals surface area contributed by atoms with Crippen molar-refractivity contribution < 1.29 is 17.6 Å². The summed E-state index contributed by atoms with van der Waals surface area (Å²) in [4.78, 5) is 0. The van der Waals surface area contributed by atoms with E-state index >= 15 is 0 Å². The molecule has 0 aliphatic heterocycles. The van der Waals surface area contributed by atoms with Crippen LogP contribution in [0.3, 0.4) is 0 Å². The maximum atomic E-state index is 13.1. The molecule has 0 saturated carbocycles. The van der Waals surface area contributed by atoms with Gasteiger partial charge in [-0.15, -0.1) is 0 Å². The van der Waals surface area contributed by atoms with Gasteiger partial charge in [-0.1, -0.05) is 12.1 Å². The van der Waals surface area contributed by atoms with Crippen molar-refractivity contribution in [3.63, 3.8) is 0 Å². The highest BCUT2D eigenvalue weighted by atomic mass is 19.4. The van der Waals surface area contributed by atoms with Crippen molar-refractivity contribution in [2.45, 2.75) is 19.1 Å². The molecular formula is C9H9F4N. The van der Waals surface area contributed by atoms with E-state index in [1.54, 1.807) is 6.92 Å². The summed E-state index contributed by atoms with van der Waals surface area (Å²) in [5.41, 5.74) is 4.89. The Balaban J connectivity index is 3.08. The molecule has 0 amide bonds. The highest BCUT2D eigenvalue weighted by Crippen LogP contribution is 2.31. The lowest BCUT2D eigenvalue weighted by Gasteiger charge is -2.16. The molecule has 1 aromatic carbocycles. The molecule has 5 heteroatoms. The Morgan fingerprint density at radius 3 is 2.29 bits per heavy atom. The van der Waals surface area contributed by atoms with Crippen molar-refractivity contribution in [1.29, 1.82) is 0 Å². The van der Waals surface area contributed by atoms with E-state index in [1.807, 2.05) is 0 Å². The van der Waals surface area contributed by atoms with Gasteiger partial charge in [0.15, 0.2) is 0 Å². The van der Waals surface area contributed by atoms with Crippen LogP contribution in [0.5, 0.6) is 0 Å². The van der Waals surface area contributed by atoms with Gasteiger partial charge >= 0.3 is 6.18 Å². The van der Waals surface area contributed by atoms with Crippen LogP contribution in [0, 0.1) is 12.7 Å². The third kappa shape index (κ3) is 2.23. The topological polar surface area (TPSA) is 26.0 Å². The summed E-state index contributed by atoms with van der Waals surface area (Å²) < 4.78 is 49.4. The summed E-state index contributed by atoms with van der Waals surface area (Å²) >= 11 is 0. The molecule has 78 valence electrons. The molecular weight excluding hydrogens is 198 g/mol. The minimum absolute atomic E-state index is 0.525. The van der Waals surface area contributed by atoms with Crippen LogP contribution in [0.4, 0.5) is 17.6 Å². The van der Waals surface area contributed by atoms with E-state index in [0.29, 0.717) is 5.56 Å². The smallest absolute Gasteiger partial charge is 0.316 e. The molecule has 0 spiro atoms. The van der Waals surface area contributed by atoms with Gasteiger partial charge in [-0.05, 0) is 18.6 Å². The molecule has 14 heavy (non-hydrogen) atoms. The lowest BCUT2D eigenvalue weighted by molar-refractivity contribution is -0.149. The Morgan fingerprint density at radius 1 is 1.29 bits per heavy atom. The van der Waals surface area contributed by atoms with E-state index in [2.05, 4.69) is 0 Å². The first-order valence-electron chi connectivity index (χ1n) is 3.90. The zero-order valence-electron chi connectivity index (χ0n) is 7.40. The van der Waals surface area contributed by atoms with Gasteiger partial charge in [0.05, 0.1) is 0 Å². The Hall–Kier alpha value is -1.10. The van der Waals surface area contributed by atoms with Gasteiger partial charge in [0, 0.05) is 5.56 Å². The first-order valence-corrected chi connectivity index (χ1v) is 3.90. The maximum absolute atomic E-state index is 13.1. The lowest BCUT2D eigenvalue weighted by atomic mass is 10.0. The number of hydrogen-bond donors (Lipinski definition) is 1. The number of hydrogen-bond acceptors (Lipinski definition) is 1. The fourth-order valence-corrected chi connectivity index (χ4v) is 1.06. The fraction of sp³-hybridized carbons (Fsp3) is 0.333. The van der Waals surface area contributed by atoms with Gasteiger partial charge in [-0.3, -0.25) is 0 Å². The minimum Gasteiger partial charge on any atom is -0.316 e. The maximum Gasteiger partial charge on any atom is 0.407 e. The van der Waals surface area contributed by atoms with E-state index in [-0.39, 0.29) is 0 Å². The first kappa shape index (κ1) is 11.0. The summed E-state index contributed by atoms with van der Waals surface area (Å²) in [6.45, 7) is 1.59. The summed E-state index contributed by atoms with van der Waals surface area (Å²) in [5.74, 6) is -0.921. The molecule has 0 saturated heterocycles. The van der Waals surface area contributed by atoms with Crippen molar-refractivity contribution in [3.8, 4) is 0 Å². The molecule has 1 rings (SSSR count). The summed E-state index contributed by atoms with van der Waals surface area (Å²) in [7, 11) is 0. The predicted octanol–water partition coefficient (Wildman–Crippen LogP) is 2.70. The quantitative estimate of drug-likeness (QED) is 0.704. The number of benzene rings is 1. The fourth-order valence-electron chi connectivity index (χ4n) is 1.06. The molecule has 1 atom stereocenters. The van der Waals surface area contributed by atoms with Gasteiger partial charge in [0.1, 0.15) is 11.9 Å². The van der Waals surface area contributed by atoms with E-state index < -0.39 is 23.6 Å². The Bertz CT molecular complexity index is 332. The number of nitrogens with two attached hydrogens (primary N) is 1. The van der Waals surface area contributed by atoms with Crippen molar-refractivity contribution in [3.05, 3.63) is 35.1 Å². The van der Waals surface area contributed by atoms with Gasteiger partial charge in [0.2, 0.25) is 0 Å². The van der Waals surface area contributed by atoms with Crippen LogP contribution in [0.1, 0.15) is 17.2 Å². The molecule has 0 bridgehead atoms. The van der Waals surface area contributed by atoms with Crippen molar-refractivity contribution in [1.82, 2.24) is 0 Å². The summed E-state index contributed by atoms with van der Waals surface area (Å²) in [6.07, 6.45) is -4.61. The molecule has 0 heterocycles. The average Bonchev–Trinajstić information content (AvgIpc) is 2.01. The van der Waals surface area contributed by atoms with E-state index in [9.17, 15) is 17.6 Å². The highest BCUT2D eigenvalue weighted by Gasteiger charge is 2.39. The van der Waals surface area contributed by atoms with E-state index in [0.717, 1.165) is 12.1 Å². The average molecular weight is 207 g/mol. The molecule has 0 unspecified atom stereocenters. The van der Waals surface area contributed by atoms with Gasteiger partial charge in [-0.25, -0.2) is 4.39 Å². The normalized spacial score (nSPS) is 14.1. The van der Waals surface area contributed by atoms with Crippen molar-refractivity contribution in [2.75, 3.05) is 0 Å². The number of aryl methyl sites for hydroxylation is 1. The summed E-state index contributed by atoms with van der Waals surface area (Å²) in [6, 6.07) is 1.22. The zero-order chi connectivity index (χ0) is 10.9. The second-order valence-corrected chi connectivity index (χ2v) is 3.04. The van der Waals surface area contributed by atoms with Crippen molar-refractivity contribution >= 4 is 0 Å². The Morgan fingerprint density at radius 2 is 1.86 bits per heavy atom. The minimum atomic E-state index is -4.61. The molecule has 2 N–H and O–H groups in total. The van der Waals surface area contributed by atoms with Crippen molar-refractivity contribution in [2.24, 2.45) is 5.73 Å². The molecule has 0 aliphatic carbocycles. The molecule has 1 nitrogen and oxygen atoms in total. The number of alkyl halides is 3. The summed E-state index contributed by atoms with van der Waals surface area (Å²) in [5, 5.41) is 0. The van der Waals surface area contributed by atoms with Gasteiger partial charge < -0.3 is 5.73 Å². The molecule has 1 aromatic rings. The van der Waals surface area contributed by atoms with Gasteiger partial charge in [-0.2, -0.15) is 13.2 Å².